The maximum absolute atomic E-state index is 13.1. The Labute approximate surface area is 151 Å². The smallest absolute Gasteiger partial charge is 0.234 e. The number of likely N-dealkylation sites (tertiary alicyclic amines) is 1. The highest BCUT2D eigenvalue weighted by Crippen LogP contribution is 2.34. The lowest BCUT2D eigenvalue weighted by Gasteiger charge is -2.37. The average molecular weight is 365 g/mol. The van der Waals surface area contributed by atoms with Crippen LogP contribution in [0.3, 0.4) is 0 Å². The van der Waals surface area contributed by atoms with Crippen molar-refractivity contribution in [2.24, 2.45) is 5.92 Å². The van der Waals surface area contributed by atoms with Gasteiger partial charge >= 0.3 is 0 Å². The zero-order valence-electron chi connectivity index (χ0n) is 14.4. The third kappa shape index (κ3) is 3.55. The SMILES string of the molecule is COCC1CCCN(C(=O)C(C)(C)c2csc(-c3cccs3)n2)C1. The fourth-order valence-corrected chi connectivity index (χ4v) is 5.00. The number of ether oxygens (including phenoxy) is 1. The molecule has 6 heteroatoms. The van der Waals surface area contributed by atoms with Gasteiger partial charge in [0.2, 0.25) is 5.91 Å². The van der Waals surface area contributed by atoms with Gasteiger partial charge in [0.1, 0.15) is 5.01 Å². The van der Waals surface area contributed by atoms with Gasteiger partial charge in [-0.25, -0.2) is 4.98 Å². The van der Waals surface area contributed by atoms with Crippen LogP contribution in [-0.2, 0) is 14.9 Å². The van der Waals surface area contributed by atoms with Crippen molar-refractivity contribution in [2.75, 3.05) is 26.8 Å². The van der Waals surface area contributed by atoms with Crippen LogP contribution in [0, 0.1) is 5.92 Å². The lowest BCUT2D eigenvalue weighted by atomic mass is 9.86. The Morgan fingerprint density at radius 2 is 2.29 bits per heavy atom. The molecule has 1 fully saturated rings. The number of thiophene rings is 1. The summed E-state index contributed by atoms with van der Waals surface area (Å²) in [7, 11) is 1.73. The molecule has 0 N–H and O–H groups in total. The summed E-state index contributed by atoms with van der Waals surface area (Å²) in [6.07, 6.45) is 2.19. The third-order valence-corrected chi connectivity index (χ3v) is 6.50. The molecule has 4 nitrogen and oxygen atoms in total. The number of methoxy groups -OCH3 is 1. The van der Waals surface area contributed by atoms with E-state index in [4.69, 9.17) is 9.72 Å². The minimum Gasteiger partial charge on any atom is -0.384 e. The highest BCUT2D eigenvalue weighted by Gasteiger charge is 2.37. The molecule has 24 heavy (non-hydrogen) atoms. The van der Waals surface area contributed by atoms with Crippen LogP contribution in [0.5, 0.6) is 0 Å². The first-order valence-corrected chi connectivity index (χ1v) is 10.1. The second kappa shape index (κ2) is 7.33. The van der Waals surface area contributed by atoms with Crippen molar-refractivity contribution in [1.29, 1.82) is 0 Å². The number of rotatable bonds is 5. The quantitative estimate of drug-likeness (QED) is 0.804. The number of aromatic nitrogens is 1. The molecule has 2 aromatic rings. The van der Waals surface area contributed by atoms with E-state index in [-0.39, 0.29) is 5.91 Å². The standard InChI is InChI=1S/C18H24N2O2S2/c1-18(2,15-12-24-16(19-15)14-7-5-9-23-14)17(21)20-8-4-6-13(10-20)11-22-3/h5,7,9,12-13H,4,6,8,10-11H2,1-3H3. The van der Waals surface area contributed by atoms with E-state index in [1.807, 2.05) is 30.2 Å². The molecule has 130 valence electrons. The van der Waals surface area contributed by atoms with Crippen LogP contribution in [0.15, 0.2) is 22.9 Å². The van der Waals surface area contributed by atoms with E-state index < -0.39 is 5.41 Å². The summed E-state index contributed by atoms with van der Waals surface area (Å²) in [5, 5.41) is 5.08. The summed E-state index contributed by atoms with van der Waals surface area (Å²) in [5.41, 5.74) is 0.274. The van der Waals surface area contributed by atoms with Crippen LogP contribution < -0.4 is 0 Å². The number of thiazole rings is 1. The molecule has 3 heterocycles. The zero-order valence-corrected chi connectivity index (χ0v) is 16.1. The van der Waals surface area contributed by atoms with E-state index in [0.29, 0.717) is 5.92 Å². The second-order valence-corrected chi connectivity index (χ2v) is 8.66. The van der Waals surface area contributed by atoms with Crippen LogP contribution in [0.4, 0.5) is 0 Å². The van der Waals surface area contributed by atoms with Gasteiger partial charge in [0, 0.05) is 25.6 Å². The fourth-order valence-electron chi connectivity index (χ4n) is 3.20. The molecule has 1 unspecified atom stereocenters. The molecule has 1 saturated heterocycles. The molecule has 0 aromatic carbocycles. The maximum atomic E-state index is 13.1. The minimum absolute atomic E-state index is 0.173. The Hall–Kier alpha value is -1.24. The van der Waals surface area contributed by atoms with E-state index in [9.17, 15) is 4.79 Å². The Morgan fingerprint density at radius 3 is 3.00 bits per heavy atom. The monoisotopic (exact) mass is 364 g/mol. The van der Waals surface area contributed by atoms with Crippen molar-refractivity contribution in [3.63, 3.8) is 0 Å². The van der Waals surface area contributed by atoms with Gasteiger partial charge in [-0.1, -0.05) is 6.07 Å². The summed E-state index contributed by atoms with van der Waals surface area (Å²) in [6, 6.07) is 4.10. The average Bonchev–Trinajstić information content (AvgIpc) is 3.26. The largest absolute Gasteiger partial charge is 0.384 e. The molecular formula is C18H24N2O2S2. The molecule has 1 atom stereocenters. The molecule has 1 aliphatic heterocycles. The van der Waals surface area contributed by atoms with Gasteiger partial charge in [-0.3, -0.25) is 4.79 Å². The number of carbonyl (C=O) groups is 1. The van der Waals surface area contributed by atoms with Crippen molar-refractivity contribution in [1.82, 2.24) is 9.88 Å². The lowest BCUT2D eigenvalue weighted by molar-refractivity contribution is -0.138. The minimum atomic E-state index is -0.596. The molecule has 2 aromatic heterocycles. The molecule has 0 bridgehead atoms. The van der Waals surface area contributed by atoms with E-state index in [1.165, 1.54) is 0 Å². The van der Waals surface area contributed by atoms with Gasteiger partial charge in [0.15, 0.2) is 0 Å². The molecule has 0 saturated carbocycles. The molecule has 1 aliphatic rings. The van der Waals surface area contributed by atoms with Gasteiger partial charge < -0.3 is 9.64 Å². The first-order valence-electron chi connectivity index (χ1n) is 8.30. The van der Waals surface area contributed by atoms with E-state index in [1.54, 1.807) is 29.8 Å². The highest BCUT2D eigenvalue weighted by molar-refractivity contribution is 7.20. The number of piperidine rings is 1. The van der Waals surface area contributed by atoms with Gasteiger partial charge in [-0.2, -0.15) is 0 Å². The van der Waals surface area contributed by atoms with E-state index in [2.05, 4.69) is 11.4 Å². The molecule has 0 spiro atoms. The first-order chi connectivity index (χ1) is 11.5. The molecule has 3 rings (SSSR count). The van der Waals surface area contributed by atoms with Crippen molar-refractivity contribution < 1.29 is 9.53 Å². The number of hydrogen-bond donors (Lipinski definition) is 0. The Kier molecular flexibility index (Phi) is 5.37. The predicted octanol–water partition coefficient (Wildman–Crippen LogP) is 4.03. The number of amides is 1. The molecule has 0 aliphatic carbocycles. The second-order valence-electron chi connectivity index (χ2n) is 6.85. The van der Waals surface area contributed by atoms with Gasteiger partial charge in [0.25, 0.3) is 0 Å². The van der Waals surface area contributed by atoms with Crippen LogP contribution in [-0.4, -0.2) is 42.6 Å². The Balaban J connectivity index is 1.75. The van der Waals surface area contributed by atoms with Gasteiger partial charge in [0.05, 0.1) is 22.6 Å². The zero-order chi connectivity index (χ0) is 17.2. The molecular weight excluding hydrogens is 340 g/mol. The third-order valence-electron chi connectivity index (χ3n) is 4.62. The van der Waals surface area contributed by atoms with Crippen molar-refractivity contribution in [3.05, 3.63) is 28.6 Å². The van der Waals surface area contributed by atoms with Crippen molar-refractivity contribution in [3.8, 4) is 9.88 Å². The molecule has 1 amide bonds. The van der Waals surface area contributed by atoms with E-state index in [0.717, 1.165) is 48.1 Å². The highest BCUT2D eigenvalue weighted by atomic mass is 32.1. The summed E-state index contributed by atoms with van der Waals surface area (Å²) in [5.74, 6) is 0.618. The fraction of sp³-hybridized carbons (Fsp3) is 0.556. The Bertz CT molecular complexity index is 677. The predicted molar refractivity (Wildman–Crippen MR) is 99.6 cm³/mol. The van der Waals surface area contributed by atoms with Crippen LogP contribution in [0.2, 0.25) is 0 Å². The lowest BCUT2D eigenvalue weighted by Crippen LogP contribution is -2.48. The van der Waals surface area contributed by atoms with Crippen molar-refractivity contribution >= 4 is 28.6 Å². The summed E-state index contributed by atoms with van der Waals surface area (Å²) >= 11 is 3.30. The van der Waals surface area contributed by atoms with E-state index >= 15 is 0 Å². The normalized spacial score (nSPS) is 18.8. The van der Waals surface area contributed by atoms with Gasteiger partial charge in [-0.15, -0.1) is 22.7 Å². The van der Waals surface area contributed by atoms with Crippen LogP contribution in [0.25, 0.3) is 9.88 Å². The number of hydrogen-bond acceptors (Lipinski definition) is 5. The molecule has 0 radical (unpaired) electrons. The number of carbonyl (C=O) groups excluding carboxylic acids is 1. The first kappa shape index (κ1) is 17.6. The summed E-state index contributed by atoms with van der Waals surface area (Å²) in [6.45, 7) is 6.33. The van der Waals surface area contributed by atoms with Gasteiger partial charge in [-0.05, 0) is 44.1 Å². The van der Waals surface area contributed by atoms with Crippen molar-refractivity contribution in [2.45, 2.75) is 32.1 Å². The summed E-state index contributed by atoms with van der Waals surface area (Å²) in [4.78, 5) is 21.0. The summed E-state index contributed by atoms with van der Waals surface area (Å²) < 4.78 is 5.28. The maximum Gasteiger partial charge on any atom is 0.234 e. The topological polar surface area (TPSA) is 42.4 Å². The van der Waals surface area contributed by atoms with Crippen LogP contribution >= 0.6 is 22.7 Å². The van der Waals surface area contributed by atoms with Crippen LogP contribution in [0.1, 0.15) is 32.4 Å². The Morgan fingerprint density at radius 1 is 1.46 bits per heavy atom. The number of nitrogens with zero attached hydrogens (tertiary/aromatic N) is 2.